The van der Waals surface area contributed by atoms with Crippen LogP contribution in [0.4, 0.5) is 0 Å². The second kappa shape index (κ2) is 7.55. The fourth-order valence-electron chi connectivity index (χ4n) is 2.01. The predicted octanol–water partition coefficient (Wildman–Crippen LogP) is 2.42. The highest BCUT2D eigenvalue weighted by Gasteiger charge is 2.30. The molecule has 0 aliphatic carbocycles. The number of methoxy groups -OCH3 is 1. The Balaban J connectivity index is 2.63. The number of amides is 1. The van der Waals surface area contributed by atoms with E-state index in [-0.39, 0.29) is 11.9 Å². The molecule has 4 nitrogen and oxygen atoms in total. The summed E-state index contributed by atoms with van der Waals surface area (Å²) in [5.74, 6) is 1.33. The molecule has 20 heavy (non-hydrogen) atoms. The average molecular weight is 296 g/mol. The molecular weight excluding hydrogens is 272 g/mol. The minimum atomic E-state index is -0.677. The number of nitrogens with two attached hydrogens (primary N) is 1. The third-order valence-corrected chi connectivity index (χ3v) is 4.14. The van der Waals surface area contributed by atoms with Gasteiger partial charge in [-0.15, -0.1) is 11.8 Å². The first-order valence-electron chi connectivity index (χ1n) is 6.72. The van der Waals surface area contributed by atoms with Crippen molar-refractivity contribution < 1.29 is 9.53 Å². The van der Waals surface area contributed by atoms with Gasteiger partial charge in [-0.3, -0.25) is 4.79 Å². The zero-order valence-corrected chi connectivity index (χ0v) is 13.4. The molecule has 0 radical (unpaired) electrons. The van der Waals surface area contributed by atoms with Gasteiger partial charge < -0.3 is 15.8 Å². The zero-order valence-electron chi connectivity index (χ0n) is 12.6. The van der Waals surface area contributed by atoms with E-state index in [0.717, 1.165) is 16.4 Å². The van der Waals surface area contributed by atoms with Crippen LogP contribution in [0.2, 0.25) is 0 Å². The lowest BCUT2D eigenvalue weighted by Crippen LogP contribution is -2.55. The normalized spacial score (nSPS) is 14.1. The molecule has 1 amide bonds. The monoisotopic (exact) mass is 296 g/mol. The summed E-state index contributed by atoms with van der Waals surface area (Å²) in [4.78, 5) is 12.7. The summed E-state index contributed by atoms with van der Waals surface area (Å²) in [5.41, 5.74) is 4.84. The SMILES string of the molecule is COc1ccccc1SCCC(C)(NC(C)C)C(N)=O. The van der Waals surface area contributed by atoms with E-state index in [1.807, 2.05) is 45.0 Å². The lowest BCUT2D eigenvalue weighted by Gasteiger charge is -2.29. The average Bonchev–Trinajstić information content (AvgIpc) is 2.38. The van der Waals surface area contributed by atoms with E-state index in [9.17, 15) is 4.79 Å². The van der Waals surface area contributed by atoms with Crippen LogP contribution in [0.1, 0.15) is 27.2 Å². The number of benzene rings is 1. The van der Waals surface area contributed by atoms with Gasteiger partial charge in [-0.05, 0) is 39.3 Å². The van der Waals surface area contributed by atoms with Crippen LogP contribution in [0, 0.1) is 0 Å². The molecule has 0 bridgehead atoms. The van der Waals surface area contributed by atoms with Crippen molar-refractivity contribution in [2.75, 3.05) is 12.9 Å². The van der Waals surface area contributed by atoms with Crippen LogP contribution in [0.3, 0.4) is 0 Å². The number of nitrogens with one attached hydrogen (secondary N) is 1. The molecule has 1 atom stereocenters. The van der Waals surface area contributed by atoms with Gasteiger partial charge in [0.2, 0.25) is 5.91 Å². The van der Waals surface area contributed by atoms with Crippen LogP contribution < -0.4 is 15.8 Å². The van der Waals surface area contributed by atoms with Crippen LogP contribution in [0.15, 0.2) is 29.2 Å². The minimum absolute atomic E-state index is 0.212. The van der Waals surface area contributed by atoms with Gasteiger partial charge in [0.25, 0.3) is 0 Å². The van der Waals surface area contributed by atoms with Gasteiger partial charge in [0, 0.05) is 16.7 Å². The maximum atomic E-state index is 11.6. The number of hydrogen-bond acceptors (Lipinski definition) is 4. The minimum Gasteiger partial charge on any atom is -0.496 e. The Morgan fingerprint density at radius 2 is 2.10 bits per heavy atom. The molecular formula is C15H24N2O2S. The molecule has 3 N–H and O–H groups in total. The first kappa shape index (κ1) is 16.9. The number of carbonyl (C=O) groups excluding carboxylic acids is 1. The topological polar surface area (TPSA) is 64.3 Å². The maximum Gasteiger partial charge on any atom is 0.237 e. The van der Waals surface area contributed by atoms with E-state index in [0.29, 0.717) is 6.42 Å². The Hall–Kier alpha value is -1.20. The predicted molar refractivity (Wildman–Crippen MR) is 84.2 cm³/mol. The van der Waals surface area contributed by atoms with E-state index in [2.05, 4.69) is 5.32 Å². The first-order chi connectivity index (χ1) is 9.39. The molecule has 0 aliphatic rings. The van der Waals surface area contributed by atoms with Crippen molar-refractivity contribution in [3.8, 4) is 5.75 Å². The lowest BCUT2D eigenvalue weighted by atomic mass is 9.97. The summed E-state index contributed by atoms with van der Waals surface area (Å²) in [6.45, 7) is 5.88. The van der Waals surface area contributed by atoms with Crippen molar-refractivity contribution in [1.82, 2.24) is 5.32 Å². The third-order valence-electron chi connectivity index (χ3n) is 3.08. The van der Waals surface area contributed by atoms with Gasteiger partial charge in [-0.25, -0.2) is 0 Å². The summed E-state index contributed by atoms with van der Waals surface area (Å²) in [6.07, 6.45) is 0.670. The molecule has 1 unspecified atom stereocenters. The summed E-state index contributed by atoms with van der Waals surface area (Å²) in [7, 11) is 1.66. The number of primary amides is 1. The number of para-hydroxylation sites is 1. The summed E-state index contributed by atoms with van der Waals surface area (Å²) >= 11 is 1.67. The van der Waals surface area contributed by atoms with Crippen LogP contribution >= 0.6 is 11.8 Å². The molecule has 1 aromatic carbocycles. The Kier molecular flexibility index (Phi) is 6.36. The molecule has 0 saturated heterocycles. The molecule has 0 aromatic heterocycles. The molecule has 0 spiro atoms. The van der Waals surface area contributed by atoms with E-state index in [1.165, 1.54) is 0 Å². The van der Waals surface area contributed by atoms with Crippen molar-refractivity contribution in [2.45, 2.75) is 43.7 Å². The molecule has 0 aliphatic heterocycles. The maximum absolute atomic E-state index is 11.6. The van der Waals surface area contributed by atoms with Gasteiger partial charge >= 0.3 is 0 Å². The molecule has 5 heteroatoms. The Morgan fingerprint density at radius 3 is 2.65 bits per heavy atom. The lowest BCUT2D eigenvalue weighted by molar-refractivity contribution is -0.124. The second-order valence-corrected chi connectivity index (χ2v) is 6.38. The molecule has 112 valence electrons. The Morgan fingerprint density at radius 1 is 1.45 bits per heavy atom. The summed E-state index contributed by atoms with van der Waals surface area (Å²) in [6, 6.07) is 8.08. The number of hydrogen-bond donors (Lipinski definition) is 2. The summed E-state index contributed by atoms with van der Waals surface area (Å²) in [5, 5.41) is 3.25. The van der Waals surface area contributed by atoms with E-state index >= 15 is 0 Å². The van der Waals surface area contributed by atoms with E-state index < -0.39 is 5.54 Å². The first-order valence-corrected chi connectivity index (χ1v) is 7.71. The van der Waals surface area contributed by atoms with Crippen molar-refractivity contribution >= 4 is 17.7 Å². The largest absolute Gasteiger partial charge is 0.496 e. The number of thioether (sulfide) groups is 1. The summed E-state index contributed by atoms with van der Waals surface area (Å²) < 4.78 is 5.31. The van der Waals surface area contributed by atoms with Gasteiger partial charge in [-0.2, -0.15) is 0 Å². The fourth-order valence-corrected chi connectivity index (χ4v) is 3.21. The molecule has 0 saturated carbocycles. The number of carbonyl (C=O) groups is 1. The molecule has 1 rings (SSSR count). The third kappa shape index (κ3) is 4.72. The van der Waals surface area contributed by atoms with Crippen molar-refractivity contribution in [1.29, 1.82) is 0 Å². The highest BCUT2D eigenvalue weighted by atomic mass is 32.2. The highest BCUT2D eigenvalue weighted by molar-refractivity contribution is 7.99. The Bertz CT molecular complexity index is 451. The van der Waals surface area contributed by atoms with Crippen LogP contribution in [0.25, 0.3) is 0 Å². The fraction of sp³-hybridized carbons (Fsp3) is 0.533. The zero-order chi connectivity index (χ0) is 15.2. The second-order valence-electron chi connectivity index (χ2n) is 5.24. The number of rotatable bonds is 8. The van der Waals surface area contributed by atoms with Gasteiger partial charge in [0.15, 0.2) is 0 Å². The van der Waals surface area contributed by atoms with Gasteiger partial charge in [0.1, 0.15) is 5.75 Å². The Labute approximate surface area is 125 Å². The van der Waals surface area contributed by atoms with Crippen molar-refractivity contribution in [2.24, 2.45) is 5.73 Å². The quantitative estimate of drug-likeness (QED) is 0.723. The van der Waals surface area contributed by atoms with Crippen molar-refractivity contribution in [3.63, 3.8) is 0 Å². The van der Waals surface area contributed by atoms with E-state index in [4.69, 9.17) is 10.5 Å². The van der Waals surface area contributed by atoms with Crippen molar-refractivity contribution in [3.05, 3.63) is 24.3 Å². The standard InChI is InChI=1S/C15H24N2O2S/c1-11(2)17-15(3,14(16)18)9-10-20-13-8-6-5-7-12(13)19-4/h5-8,11,17H,9-10H2,1-4H3,(H2,16,18). The molecule has 1 aromatic rings. The van der Waals surface area contributed by atoms with Gasteiger partial charge in [-0.1, -0.05) is 12.1 Å². The van der Waals surface area contributed by atoms with E-state index in [1.54, 1.807) is 18.9 Å². The molecule has 0 fully saturated rings. The van der Waals surface area contributed by atoms with Crippen LogP contribution in [-0.2, 0) is 4.79 Å². The smallest absolute Gasteiger partial charge is 0.237 e. The van der Waals surface area contributed by atoms with Gasteiger partial charge in [0.05, 0.1) is 12.6 Å². The molecule has 0 heterocycles. The highest BCUT2D eigenvalue weighted by Crippen LogP contribution is 2.30. The van der Waals surface area contributed by atoms with Crippen LogP contribution in [0.5, 0.6) is 5.75 Å². The van der Waals surface area contributed by atoms with Crippen LogP contribution in [-0.4, -0.2) is 30.4 Å². The number of ether oxygens (including phenoxy) is 1.